The zero-order chi connectivity index (χ0) is 20.5. The van der Waals surface area contributed by atoms with Gasteiger partial charge in [0.2, 0.25) is 10.0 Å². The van der Waals surface area contributed by atoms with Crippen molar-refractivity contribution in [2.45, 2.75) is 25.8 Å². The summed E-state index contributed by atoms with van der Waals surface area (Å²) in [6, 6.07) is 7.43. The van der Waals surface area contributed by atoms with Gasteiger partial charge < -0.3 is 15.2 Å². The number of halogens is 2. The first kappa shape index (κ1) is 21.4. The third-order valence-corrected chi connectivity index (χ3v) is 7.23. The lowest BCUT2D eigenvalue weighted by Gasteiger charge is -2.28. The average molecular weight is 534 g/mol. The Kier molecular flexibility index (Phi) is 6.58. The smallest absolute Gasteiger partial charge is 0.232 e. The van der Waals surface area contributed by atoms with E-state index in [0.29, 0.717) is 6.42 Å². The van der Waals surface area contributed by atoms with Gasteiger partial charge >= 0.3 is 0 Å². The number of sulfonamides is 1. The molecule has 1 unspecified atom stereocenters. The Labute approximate surface area is 182 Å². The van der Waals surface area contributed by atoms with Gasteiger partial charge in [-0.15, -0.1) is 0 Å². The first-order chi connectivity index (χ1) is 13.2. The summed E-state index contributed by atoms with van der Waals surface area (Å²) >= 11 is 7.06. The predicted octanol–water partition coefficient (Wildman–Crippen LogP) is 4.12. The number of hydrogen-bond donors (Lipinski definition) is 3. The normalized spacial score (nSPS) is 16.5. The molecule has 0 aliphatic carbocycles. The molecular formula is C19H22Br2N2O4S. The minimum Gasteiger partial charge on any atom is -0.506 e. The van der Waals surface area contributed by atoms with Crippen molar-refractivity contribution in [3.63, 3.8) is 0 Å². The quantitative estimate of drug-likeness (QED) is 0.486. The molecule has 0 bridgehead atoms. The fraction of sp³-hybridized carbons (Fsp3) is 0.368. The minimum absolute atomic E-state index is 0.00132. The molecule has 0 radical (unpaired) electrons. The molecule has 0 amide bonds. The van der Waals surface area contributed by atoms with E-state index >= 15 is 0 Å². The van der Waals surface area contributed by atoms with Gasteiger partial charge in [0, 0.05) is 6.04 Å². The van der Waals surface area contributed by atoms with Crippen LogP contribution in [0.25, 0.3) is 0 Å². The molecule has 3 rings (SSSR count). The summed E-state index contributed by atoms with van der Waals surface area (Å²) in [6.07, 6.45) is 1.48. The number of nitrogens with one attached hydrogen (secondary N) is 2. The van der Waals surface area contributed by atoms with Crippen molar-refractivity contribution >= 4 is 47.6 Å². The van der Waals surface area contributed by atoms with Crippen LogP contribution in [0.3, 0.4) is 0 Å². The second-order valence-electron chi connectivity index (χ2n) is 6.63. The van der Waals surface area contributed by atoms with Gasteiger partial charge in [-0.25, -0.2) is 8.42 Å². The van der Waals surface area contributed by atoms with Crippen molar-refractivity contribution in [2.75, 3.05) is 24.1 Å². The van der Waals surface area contributed by atoms with E-state index in [1.165, 1.54) is 0 Å². The Morgan fingerprint density at radius 1 is 1.25 bits per heavy atom. The van der Waals surface area contributed by atoms with Crippen LogP contribution in [-0.2, 0) is 22.9 Å². The number of fused-ring (bicyclic) bond motifs is 1. The number of anilines is 1. The molecule has 0 saturated carbocycles. The molecule has 28 heavy (non-hydrogen) atoms. The van der Waals surface area contributed by atoms with Crippen molar-refractivity contribution in [1.82, 2.24) is 5.32 Å². The van der Waals surface area contributed by atoms with Gasteiger partial charge in [0.15, 0.2) is 0 Å². The molecular weight excluding hydrogens is 512 g/mol. The molecule has 0 saturated heterocycles. The second-order valence-corrected chi connectivity index (χ2v) is 10.3. The molecule has 0 aromatic heterocycles. The van der Waals surface area contributed by atoms with Gasteiger partial charge in [-0.05, 0) is 99.1 Å². The zero-order valence-electron chi connectivity index (χ0n) is 15.6. The molecule has 1 heterocycles. The topological polar surface area (TPSA) is 87.7 Å². The highest BCUT2D eigenvalue weighted by Crippen LogP contribution is 2.38. The van der Waals surface area contributed by atoms with Crippen molar-refractivity contribution in [1.29, 1.82) is 0 Å². The first-order valence-corrected chi connectivity index (χ1v) is 12.1. The maximum Gasteiger partial charge on any atom is 0.232 e. The number of benzene rings is 2. The lowest BCUT2D eigenvalue weighted by molar-refractivity contribution is 0.409. The summed E-state index contributed by atoms with van der Waals surface area (Å²) in [5.74, 6) is 0.632. The van der Waals surface area contributed by atoms with Gasteiger partial charge in [0.05, 0.1) is 27.5 Å². The van der Waals surface area contributed by atoms with Gasteiger partial charge in [0.25, 0.3) is 0 Å². The molecule has 9 heteroatoms. The molecule has 2 aromatic rings. The van der Waals surface area contributed by atoms with Crippen LogP contribution in [0.15, 0.2) is 33.2 Å². The van der Waals surface area contributed by atoms with E-state index in [9.17, 15) is 13.5 Å². The molecule has 0 fully saturated rings. The summed E-state index contributed by atoms with van der Waals surface area (Å²) in [6.45, 7) is 2.34. The van der Waals surface area contributed by atoms with Crippen molar-refractivity contribution < 1.29 is 18.3 Å². The Morgan fingerprint density at radius 2 is 1.93 bits per heavy atom. The van der Waals surface area contributed by atoms with Crippen LogP contribution < -0.4 is 14.8 Å². The van der Waals surface area contributed by atoms with Gasteiger partial charge in [-0.3, -0.25) is 4.72 Å². The van der Waals surface area contributed by atoms with Gasteiger partial charge in [-0.2, -0.15) is 0 Å². The molecule has 1 atom stereocenters. The van der Waals surface area contributed by atoms with Crippen LogP contribution in [0.2, 0.25) is 0 Å². The fourth-order valence-corrected chi connectivity index (χ4v) is 5.59. The first-order valence-electron chi connectivity index (χ1n) is 8.85. The van der Waals surface area contributed by atoms with E-state index in [-0.39, 0.29) is 23.2 Å². The summed E-state index contributed by atoms with van der Waals surface area (Å²) in [7, 11) is -1.85. The minimum atomic E-state index is -3.47. The molecule has 6 nitrogen and oxygen atoms in total. The number of aromatic hydroxyl groups is 1. The highest BCUT2D eigenvalue weighted by atomic mass is 79.9. The number of hydrogen-bond acceptors (Lipinski definition) is 5. The summed E-state index contributed by atoms with van der Waals surface area (Å²) < 4.78 is 33.4. The Morgan fingerprint density at radius 3 is 2.54 bits per heavy atom. The van der Waals surface area contributed by atoms with Crippen LogP contribution in [-0.4, -0.2) is 32.9 Å². The van der Waals surface area contributed by atoms with Crippen molar-refractivity contribution in [2.24, 2.45) is 0 Å². The number of rotatable bonds is 6. The van der Waals surface area contributed by atoms with Crippen molar-refractivity contribution in [3.05, 3.63) is 49.9 Å². The Bertz CT molecular complexity index is 973. The van der Waals surface area contributed by atoms with E-state index in [1.54, 1.807) is 26.2 Å². The third kappa shape index (κ3) is 4.64. The monoisotopic (exact) mass is 532 g/mol. The molecule has 152 valence electrons. The summed E-state index contributed by atoms with van der Waals surface area (Å²) in [5.41, 5.74) is 3.31. The van der Waals surface area contributed by atoms with E-state index in [1.807, 2.05) is 12.1 Å². The Balaban J connectivity index is 1.94. The lowest BCUT2D eigenvalue weighted by Crippen LogP contribution is -2.31. The largest absolute Gasteiger partial charge is 0.506 e. The van der Waals surface area contributed by atoms with Crippen LogP contribution in [0.1, 0.15) is 29.7 Å². The second kappa shape index (κ2) is 8.61. The van der Waals surface area contributed by atoms with E-state index < -0.39 is 10.0 Å². The van der Waals surface area contributed by atoms with E-state index in [2.05, 4.69) is 41.9 Å². The standard InChI is InChI=1S/C19H22Br2N2O4S/c1-3-28(25,26)23-17-10-13-12(9-18(17)24)4-5-22-16(13)8-11-6-14(20)19(27-2)15(21)7-11/h6-7,9-10,16,22-24H,3-5,8H2,1-2H3. The van der Waals surface area contributed by atoms with Crippen LogP contribution in [0.5, 0.6) is 11.5 Å². The SMILES string of the molecule is CCS(=O)(=O)Nc1cc2c(cc1O)CCNC2Cc1cc(Br)c(OC)c(Br)c1. The van der Waals surface area contributed by atoms with E-state index in [4.69, 9.17) is 4.74 Å². The molecule has 1 aliphatic rings. The Hall–Kier alpha value is -1.29. The van der Waals surface area contributed by atoms with Crippen LogP contribution in [0, 0.1) is 0 Å². The summed E-state index contributed by atoms with van der Waals surface area (Å²) in [4.78, 5) is 0. The average Bonchev–Trinajstić information content (AvgIpc) is 2.62. The van der Waals surface area contributed by atoms with Crippen LogP contribution in [0.4, 0.5) is 5.69 Å². The molecule has 3 N–H and O–H groups in total. The van der Waals surface area contributed by atoms with E-state index in [0.717, 1.165) is 44.4 Å². The molecule has 1 aliphatic heterocycles. The van der Waals surface area contributed by atoms with Crippen LogP contribution >= 0.6 is 31.9 Å². The number of methoxy groups -OCH3 is 1. The lowest BCUT2D eigenvalue weighted by atomic mass is 9.89. The van der Waals surface area contributed by atoms with Crippen molar-refractivity contribution in [3.8, 4) is 11.5 Å². The predicted molar refractivity (Wildman–Crippen MR) is 118 cm³/mol. The number of phenols is 1. The van der Waals surface area contributed by atoms with Gasteiger partial charge in [0.1, 0.15) is 11.5 Å². The maximum atomic E-state index is 11.9. The number of ether oxygens (including phenoxy) is 1. The maximum absolute atomic E-state index is 11.9. The molecule has 2 aromatic carbocycles. The summed E-state index contributed by atoms with van der Waals surface area (Å²) in [5, 5.41) is 13.8. The number of phenolic OH excluding ortho intramolecular Hbond substituents is 1. The highest BCUT2D eigenvalue weighted by Gasteiger charge is 2.24. The fourth-order valence-electron chi connectivity index (χ4n) is 3.34. The zero-order valence-corrected chi connectivity index (χ0v) is 19.5. The van der Waals surface area contributed by atoms with Gasteiger partial charge in [-0.1, -0.05) is 0 Å². The molecule has 0 spiro atoms. The third-order valence-electron chi connectivity index (χ3n) is 4.77. The highest BCUT2D eigenvalue weighted by molar-refractivity contribution is 9.11.